The Hall–Kier alpha value is -2.42. The zero-order chi connectivity index (χ0) is 18.9. The molecule has 0 amide bonds. The van der Waals surface area contributed by atoms with Crippen molar-refractivity contribution in [3.05, 3.63) is 36.1 Å². The van der Waals surface area contributed by atoms with Gasteiger partial charge in [0.05, 0.1) is 19.5 Å². The average molecular weight is 375 g/mol. The number of rotatable bonds is 6. The van der Waals surface area contributed by atoms with E-state index in [0.717, 1.165) is 23.0 Å². The van der Waals surface area contributed by atoms with Crippen molar-refractivity contribution >= 4 is 22.9 Å². The van der Waals surface area contributed by atoms with Crippen LogP contribution >= 0.6 is 0 Å². The minimum atomic E-state index is -1.71. The SMILES string of the molecule is O=C1OC2(OC1=O)C(O)CCCN2CCOCCc1ccc2occc2c1. The fraction of sp³-hybridized carbons (Fsp3) is 0.474. The van der Waals surface area contributed by atoms with Crippen molar-refractivity contribution in [1.82, 2.24) is 4.90 Å². The van der Waals surface area contributed by atoms with Crippen LogP contribution in [0.3, 0.4) is 0 Å². The normalized spacial score (nSPS) is 22.3. The lowest BCUT2D eigenvalue weighted by atomic mass is 10.0. The smallest absolute Gasteiger partial charge is 0.422 e. The summed E-state index contributed by atoms with van der Waals surface area (Å²) >= 11 is 0. The topological polar surface area (TPSA) is 98.4 Å². The number of aliphatic hydroxyl groups is 1. The number of likely N-dealkylation sites (tertiary alicyclic amines) is 1. The first-order valence-corrected chi connectivity index (χ1v) is 9.02. The lowest BCUT2D eigenvalue weighted by Gasteiger charge is -2.43. The summed E-state index contributed by atoms with van der Waals surface area (Å²) in [6, 6.07) is 7.93. The Kier molecular flexibility index (Phi) is 4.86. The number of ether oxygens (including phenoxy) is 3. The van der Waals surface area contributed by atoms with E-state index in [0.29, 0.717) is 39.1 Å². The quantitative estimate of drug-likeness (QED) is 0.457. The van der Waals surface area contributed by atoms with Gasteiger partial charge in [-0.25, -0.2) is 14.5 Å². The second-order valence-corrected chi connectivity index (χ2v) is 6.71. The van der Waals surface area contributed by atoms with E-state index in [1.807, 2.05) is 18.2 Å². The molecule has 2 aromatic rings. The van der Waals surface area contributed by atoms with Gasteiger partial charge in [0.15, 0.2) is 0 Å². The first-order valence-electron chi connectivity index (χ1n) is 9.02. The third-order valence-corrected chi connectivity index (χ3v) is 4.97. The van der Waals surface area contributed by atoms with Crippen molar-refractivity contribution in [3.63, 3.8) is 0 Å². The molecule has 2 fully saturated rings. The highest BCUT2D eigenvalue weighted by molar-refractivity contribution is 6.31. The molecule has 1 aromatic heterocycles. The molecule has 144 valence electrons. The molecule has 1 N–H and O–H groups in total. The van der Waals surface area contributed by atoms with Crippen LogP contribution in [-0.4, -0.2) is 60.3 Å². The summed E-state index contributed by atoms with van der Waals surface area (Å²) in [4.78, 5) is 24.6. The van der Waals surface area contributed by atoms with Gasteiger partial charge in [0.25, 0.3) is 0 Å². The standard InChI is InChI=1S/C19H21NO7/c21-16-2-1-7-20(19(16)26-17(22)18(23)27-19)8-11-24-9-5-13-3-4-15-14(12-13)6-10-25-15/h3-4,6,10,12,16,21H,1-2,5,7-9,11H2. The van der Waals surface area contributed by atoms with Crippen molar-refractivity contribution < 1.29 is 33.3 Å². The number of piperidine rings is 1. The van der Waals surface area contributed by atoms with Crippen molar-refractivity contribution in [1.29, 1.82) is 0 Å². The van der Waals surface area contributed by atoms with Crippen LogP contribution in [0.1, 0.15) is 18.4 Å². The molecule has 27 heavy (non-hydrogen) atoms. The van der Waals surface area contributed by atoms with E-state index in [2.05, 4.69) is 6.07 Å². The summed E-state index contributed by atoms with van der Waals surface area (Å²) in [6.45, 7) is 1.79. The van der Waals surface area contributed by atoms with Crippen LogP contribution in [0.5, 0.6) is 0 Å². The zero-order valence-corrected chi connectivity index (χ0v) is 14.8. The molecule has 1 atom stereocenters. The Morgan fingerprint density at radius 2 is 2.00 bits per heavy atom. The monoisotopic (exact) mass is 375 g/mol. The van der Waals surface area contributed by atoms with E-state index >= 15 is 0 Å². The van der Waals surface area contributed by atoms with E-state index in [-0.39, 0.29) is 0 Å². The molecule has 1 unspecified atom stereocenters. The molecule has 1 spiro atoms. The Morgan fingerprint density at radius 1 is 1.19 bits per heavy atom. The Bertz CT molecular complexity index is 829. The summed E-state index contributed by atoms with van der Waals surface area (Å²) in [5.74, 6) is -3.85. The van der Waals surface area contributed by atoms with Crippen molar-refractivity contribution in [2.45, 2.75) is 31.3 Å². The number of nitrogens with zero attached hydrogens (tertiary/aromatic N) is 1. The molecule has 2 aliphatic rings. The first kappa shape index (κ1) is 18.0. The number of carbonyl (C=O) groups excluding carboxylic acids is 2. The molecule has 4 rings (SSSR count). The number of benzene rings is 1. The van der Waals surface area contributed by atoms with Gasteiger partial charge in [-0.05, 0) is 43.0 Å². The largest absolute Gasteiger partial charge is 0.464 e. The molecule has 2 saturated heterocycles. The Labute approximate surface area is 155 Å². The van der Waals surface area contributed by atoms with Gasteiger partial charge in [0.2, 0.25) is 0 Å². The maximum Gasteiger partial charge on any atom is 0.422 e. The molecule has 1 aromatic carbocycles. The van der Waals surface area contributed by atoms with E-state index in [4.69, 9.17) is 18.6 Å². The van der Waals surface area contributed by atoms with Crippen LogP contribution in [-0.2, 0) is 30.2 Å². The maximum atomic E-state index is 11.5. The predicted molar refractivity (Wildman–Crippen MR) is 92.5 cm³/mol. The minimum absolute atomic E-state index is 0.359. The molecule has 3 heterocycles. The Balaban J connectivity index is 1.28. The molecule has 0 saturated carbocycles. The van der Waals surface area contributed by atoms with Crippen LogP contribution in [0.4, 0.5) is 0 Å². The zero-order valence-electron chi connectivity index (χ0n) is 14.8. The number of furan rings is 1. The van der Waals surface area contributed by atoms with Crippen LogP contribution in [0, 0.1) is 0 Å². The molecule has 8 nitrogen and oxygen atoms in total. The van der Waals surface area contributed by atoms with Gasteiger partial charge >= 0.3 is 17.8 Å². The second-order valence-electron chi connectivity index (χ2n) is 6.71. The second kappa shape index (κ2) is 7.30. The Morgan fingerprint density at radius 3 is 2.81 bits per heavy atom. The number of carbonyl (C=O) groups is 2. The third kappa shape index (κ3) is 3.43. The van der Waals surface area contributed by atoms with Gasteiger partial charge in [-0.2, -0.15) is 0 Å². The van der Waals surface area contributed by atoms with Crippen LogP contribution < -0.4 is 0 Å². The number of hydrogen-bond donors (Lipinski definition) is 1. The highest BCUT2D eigenvalue weighted by Crippen LogP contribution is 2.35. The van der Waals surface area contributed by atoms with Crippen LogP contribution in [0.25, 0.3) is 11.0 Å². The fourth-order valence-corrected chi connectivity index (χ4v) is 3.57. The van der Waals surface area contributed by atoms with E-state index in [9.17, 15) is 14.7 Å². The predicted octanol–water partition coefficient (Wildman–Crippen LogP) is 1.20. The van der Waals surface area contributed by atoms with Crippen molar-refractivity contribution in [2.24, 2.45) is 0 Å². The maximum absolute atomic E-state index is 11.5. The lowest BCUT2D eigenvalue weighted by molar-refractivity contribution is -0.307. The highest BCUT2D eigenvalue weighted by atomic mass is 16.8. The number of esters is 2. The highest BCUT2D eigenvalue weighted by Gasteiger charge is 2.59. The molecule has 2 aliphatic heterocycles. The fourth-order valence-electron chi connectivity index (χ4n) is 3.57. The molecular weight excluding hydrogens is 354 g/mol. The van der Waals surface area contributed by atoms with E-state index < -0.39 is 24.0 Å². The molecule has 8 heteroatoms. The van der Waals surface area contributed by atoms with Gasteiger partial charge in [-0.15, -0.1) is 0 Å². The lowest BCUT2D eigenvalue weighted by Crippen LogP contribution is -2.61. The minimum Gasteiger partial charge on any atom is -0.464 e. The number of aliphatic hydroxyl groups excluding tert-OH is 1. The molecule has 0 radical (unpaired) electrons. The van der Waals surface area contributed by atoms with Crippen molar-refractivity contribution in [2.75, 3.05) is 26.3 Å². The summed E-state index contributed by atoms with van der Waals surface area (Å²) in [7, 11) is 0. The summed E-state index contributed by atoms with van der Waals surface area (Å²) < 4.78 is 21.2. The van der Waals surface area contributed by atoms with Gasteiger partial charge in [0, 0.05) is 18.5 Å². The summed E-state index contributed by atoms with van der Waals surface area (Å²) in [5, 5.41) is 11.3. The van der Waals surface area contributed by atoms with Gasteiger partial charge < -0.3 is 23.7 Å². The molecular formula is C19H21NO7. The van der Waals surface area contributed by atoms with Gasteiger partial charge in [-0.1, -0.05) is 6.07 Å². The van der Waals surface area contributed by atoms with Crippen molar-refractivity contribution in [3.8, 4) is 0 Å². The summed E-state index contributed by atoms with van der Waals surface area (Å²) in [6.07, 6.45) is 2.45. The van der Waals surface area contributed by atoms with Gasteiger partial charge in [-0.3, -0.25) is 0 Å². The molecule has 0 bridgehead atoms. The van der Waals surface area contributed by atoms with E-state index in [1.165, 1.54) is 0 Å². The number of hydrogen-bond acceptors (Lipinski definition) is 8. The summed E-state index contributed by atoms with van der Waals surface area (Å²) in [5.41, 5.74) is 2.00. The molecule has 0 aliphatic carbocycles. The average Bonchev–Trinajstić information content (AvgIpc) is 3.23. The van der Waals surface area contributed by atoms with E-state index in [1.54, 1.807) is 11.2 Å². The van der Waals surface area contributed by atoms with Crippen LogP contribution in [0.15, 0.2) is 34.9 Å². The third-order valence-electron chi connectivity index (χ3n) is 4.97. The number of fused-ring (bicyclic) bond motifs is 1. The first-order chi connectivity index (χ1) is 13.1. The van der Waals surface area contributed by atoms with Crippen LogP contribution in [0.2, 0.25) is 0 Å². The van der Waals surface area contributed by atoms with Gasteiger partial charge in [0.1, 0.15) is 11.7 Å².